The van der Waals surface area contributed by atoms with Crippen molar-refractivity contribution in [3.8, 4) is 16.9 Å². The Morgan fingerprint density at radius 3 is 2.35 bits per heavy atom. The zero-order valence-corrected chi connectivity index (χ0v) is 18.9. The second kappa shape index (κ2) is 9.87. The van der Waals surface area contributed by atoms with Crippen molar-refractivity contribution in [1.82, 2.24) is 9.78 Å². The number of carbonyl (C=O) groups excluding carboxylic acids is 2. The molecule has 0 saturated carbocycles. The molecule has 0 atom stereocenters. The van der Waals surface area contributed by atoms with Gasteiger partial charge in [0, 0.05) is 23.0 Å². The van der Waals surface area contributed by atoms with E-state index in [4.69, 9.17) is 29.8 Å². The van der Waals surface area contributed by atoms with Crippen LogP contribution in [-0.2, 0) is 0 Å². The summed E-state index contributed by atoms with van der Waals surface area (Å²) >= 11 is 11.3. The maximum atomic E-state index is 13.6. The Kier molecular flexibility index (Phi) is 6.73. The van der Waals surface area contributed by atoms with Crippen LogP contribution in [0.1, 0.15) is 20.7 Å². The van der Waals surface area contributed by atoms with Crippen LogP contribution in [0.5, 0.6) is 0 Å². The molecule has 3 aromatic carbocycles. The number of nitrogens with zero attached hydrogens (tertiary/aromatic N) is 3. The fourth-order valence-corrected chi connectivity index (χ4v) is 3.50. The van der Waals surface area contributed by atoms with Crippen LogP contribution in [0.15, 0.2) is 79.0 Å². The Balaban J connectivity index is 1.75. The van der Waals surface area contributed by atoms with Gasteiger partial charge in [-0.3, -0.25) is 9.59 Å². The standard InChI is InChI=1S/C25H15Cl2FN4O2/c1-29-18-9-11-20(12-10-18)32-14-21(25(34)30-19-4-2-3-17(28)13-19)22(31-32)15-5-7-16(8-6-15)23(33)24(26)27/h2-14,24H,(H,30,34). The van der Waals surface area contributed by atoms with Crippen LogP contribution in [0.4, 0.5) is 15.8 Å². The molecule has 4 rings (SSSR count). The van der Waals surface area contributed by atoms with Crippen molar-refractivity contribution < 1.29 is 14.0 Å². The fourth-order valence-electron chi connectivity index (χ4n) is 3.25. The highest BCUT2D eigenvalue weighted by Gasteiger charge is 2.20. The van der Waals surface area contributed by atoms with Crippen LogP contribution < -0.4 is 5.32 Å². The minimum Gasteiger partial charge on any atom is -0.322 e. The number of rotatable bonds is 6. The molecule has 1 aromatic heterocycles. The summed E-state index contributed by atoms with van der Waals surface area (Å²) in [6, 6.07) is 18.6. The summed E-state index contributed by atoms with van der Waals surface area (Å²) < 4.78 is 15.1. The van der Waals surface area contributed by atoms with E-state index in [1.807, 2.05) is 0 Å². The van der Waals surface area contributed by atoms with Crippen LogP contribution in [0, 0.1) is 12.4 Å². The molecule has 1 heterocycles. The fraction of sp³-hybridized carbons (Fsp3) is 0.0400. The lowest BCUT2D eigenvalue weighted by atomic mass is 10.0. The Labute approximate surface area is 204 Å². The number of carbonyl (C=O) groups is 2. The highest BCUT2D eigenvalue weighted by Crippen LogP contribution is 2.27. The third-order valence-corrected chi connectivity index (χ3v) is 5.32. The average Bonchev–Trinajstić information content (AvgIpc) is 3.29. The summed E-state index contributed by atoms with van der Waals surface area (Å²) in [5.74, 6) is -1.42. The Bertz CT molecular complexity index is 1410. The van der Waals surface area contributed by atoms with Gasteiger partial charge in [-0.1, -0.05) is 65.7 Å². The van der Waals surface area contributed by atoms with Crippen molar-refractivity contribution >= 4 is 46.3 Å². The van der Waals surface area contributed by atoms with Gasteiger partial charge in [-0.05, 0) is 30.3 Å². The first kappa shape index (κ1) is 23.2. The lowest BCUT2D eigenvalue weighted by Crippen LogP contribution is -2.12. The highest BCUT2D eigenvalue weighted by molar-refractivity contribution is 6.55. The number of hydrogen-bond donors (Lipinski definition) is 1. The maximum absolute atomic E-state index is 13.6. The van der Waals surface area contributed by atoms with E-state index in [0.717, 1.165) is 0 Å². The Morgan fingerprint density at radius 2 is 1.74 bits per heavy atom. The number of amides is 1. The number of hydrogen-bond acceptors (Lipinski definition) is 3. The van der Waals surface area contributed by atoms with Gasteiger partial charge in [0.15, 0.2) is 16.3 Å². The smallest absolute Gasteiger partial charge is 0.259 e. The van der Waals surface area contributed by atoms with E-state index < -0.39 is 22.3 Å². The Morgan fingerprint density at radius 1 is 1.03 bits per heavy atom. The van der Waals surface area contributed by atoms with E-state index in [2.05, 4.69) is 15.3 Å². The molecular weight excluding hydrogens is 478 g/mol. The van der Waals surface area contributed by atoms with Crippen molar-refractivity contribution in [1.29, 1.82) is 0 Å². The van der Waals surface area contributed by atoms with Gasteiger partial charge >= 0.3 is 0 Å². The molecule has 0 aliphatic heterocycles. The number of Topliss-reactive ketones (excluding diaryl/α,β-unsaturated/α-hetero) is 1. The molecule has 0 fully saturated rings. The molecule has 168 valence electrons. The second-order valence-corrected chi connectivity index (χ2v) is 8.27. The molecular formula is C25H15Cl2FN4O2. The zero-order valence-electron chi connectivity index (χ0n) is 17.4. The molecule has 1 N–H and O–H groups in total. The van der Waals surface area contributed by atoms with Gasteiger partial charge in [-0.2, -0.15) is 5.10 Å². The van der Waals surface area contributed by atoms with Gasteiger partial charge < -0.3 is 5.32 Å². The van der Waals surface area contributed by atoms with Gasteiger partial charge in [-0.15, -0.1) is 0 Å². The number of alkyl halides is 2. The van der Waals surface area contributed by atoms with E-state index in [9.17, 15) is 14.0 Å². The molecule has 0 aliphatic carbocycles. The SMILES string of the molecule is [C-]#[N+]c1ccc(-n2cc(C(=O)Nc3cccc(F)c3)c(-c3ccc(C(=O)C(Cl)Cl)cc3)n2)cc1. The monoisotopic (exact) mass is 492 g/mol. The minimum absolute atomic E-state index is 0.227. The highest BCUT2D eigenvalue weighted by atomic mass is 35.5. The summed E-state index contributed by atoms with van der Waals surface area (Å²) in [4.78, 5) is 27.3. The molecule has 0 unspecified atom stereocenters. The van der Waals surface area contributed by atoms with Crippen molar-refractivity contribution in [2.75, 3.05) is 5.32 Å². The minimum atomic E-state index is -1.18. The van der Waals surface area contributed by atoms with Crippen molar-refractivity contribution in [2.24, 2.45) is 0 Å². The number of benzene rings is 3. The second-order valence-electron chi connectivity index (χ2n) is 7.17. The first-order valence-corrected chi connectivity index (χ1v) is 10.8. The molecule has 9 heteroatoms. The van der Waals surface area contributed by atoms with Crippen LogP contribution in [0.25, 0.3) is 21.8 Å². The molecule has 1 amide bonds. The van der Waals surface area contributed by atoms with E-state index in [1.54, 1.807) is 60.8 Å². The molecule has 0 saturated heterocycles. The largest absolute Gasteiger partial charge is 0.322 e. The predicted octanol–water partition coefficient (Wildman–Crippen LogP) is 6.47. The number of anilines is 1. The molecule has 0 radical (unpaired) electrons. The third-order valence-electron chi connectivity index (χ3n) is 4.93. The van der Waals surface area contributed by atoms with Gasteiger partial charge in [0.1, 0.15) is 11.5 Å². The summed E-state index contributed by atoms with van der Waals surface area (Å²) in [7, 11) is 0. The first-order chi connectivity index (χ1) is 16.4. The molecule has 4 aromatic rings. The quantitative estimate of drug-likeness (QED) is 0.190. The van der Waals surface area contributed by atoms with Crippen molar-refractivity contribution in [3.05, 3.63) is 107 Å². The lowest BCUT2D eigenvalue weighted by molar-refractivity contribution is 0.100. The van der Waals surface area contributed by atoms with E-state index in [1.165, 1.54) is 22.9 Å². The zero-order chi connectivity index (χ0) is 24.2. The molecule has 34 heavy (non-hydrogen) atoms. The van der Waals surface area contributed by atoms with Gasteiger partial charge in [0.2, 0.25) is 0 Å². The number of ketones is 1. The summed E-state index contributed by atoms with van der Waals surface area (Å²) in [6.07, 6.45) is 1.55. The topological polar surface area (TPSA) is 68.3 Å². The van der Waals surface area contributed by atoms with Crippen LogP contribution in [-0.4, -0.2) is 26.3 Å². The van der Waals surface area contributed by atoms with Crippen molar-refractivity contribution in [2.45, 2.75) is 4.84 Å². The molecule has 0 bridgehead atoms. The van der Waals surface area contributed by atoms with E-state index in [-0.39, 0.29) is 5.56 Å². The maximum Gasteiger partial charge on any atom is 0.259 e. The van der Waals surface area contributed by atoms with Crippen LogP contribution in [0.2, 0.25) is 0 Å². The molecule has 0 aliphatic rings. The van der Waals surface area contributed by atoms with Gasteiger partial charge in [0.05, 0.1) is 17.8 Å². The van der Waals surface area contributed by atoms with Gasteiger partial charge in [-0.25, -0.2) is 13.9 Å². The summed E-state index contributed by atoms with van der Waals surface area (Å²) in [5, 5.41) is 7.24. The van der Waals surface area contributed by atoms with E-state index >= 15 is 0 Å². The first-order valence-electron chi connectivity index (χ1n) is 9.93. The summed E-state index contributed by atoms with van der Waals surface area (Å²) in [6.45, 7) is 7.10. The van der Waals surface area contributed by atoms with Crippen molar-refractivity contribution in [3.63, 3.8) is 0 Å². The lowest BCUT2D eigenvalue weighted by Gasteiger charge is -2.06. The average molecular weight is 493 g/mol. The molecule has 6 nitrogen and oxygen atoms in total. The van der Waals surface area contributed by atoms with Gasteiger partial charge in [0.25, 0.3) is 5.91 Å². The predicted molar refractivity (Wildman–Crippen MR) is 129 cm³/mol. The number of nitrogens with one attached hydrogen (secondary N) is 1. The molecule has 0 spiro atoms. The van der Waals surface area contributed by atoms with Crippen LogP contribution in [0.3, 0.4) is 0 Å². The number of aromatic nitrogens is 2. The van der Waals surface area contributed by atoms with Crippen LogP contribution >= 0.6 is 23.2 Å². The van der Waals surface area contributed by atoms with E-state index in [0.29, 0.717) is 33.9 Å². The Hall–Kier alpha value is -3.99. The normalized spacial score (nSPS) is 10.7. The summed E-state index contributed by atoms with van der Waals surface area (Å²) in [5.41, 5.74) is 2.86. The number of halogens is 3. The third kappa shape index (κ3) is 4.99.